The number of nitrogens with one attached hydrogen (secondary N) is 3. The van der Waals surface area contributed by atoms with Gasteiger partial charge in [-0.2, -0.15) is 0 Å². The van der Waals surface area contributed by atoms with Gasteiger partial charge >= 0.3 is 0 Å². The maximum atomic E-state index is 12.6. The molecule has 0 bridgehead atoms. The summed E-state index contributed by atoms with van der Waals surface area (Å²) in [5.41, 5.74) is 5.10. The molecule has 2 aromatic carbocycles. The highest BCUT2D eigenvalue weighted by Crippen LogP contribution is 2.23. The summed E-state index contributed by atoms with van der Waals surface area (Å²) >= 11 is 0. The lowest BCUT2D eigenvalue weighted by molar-refractivity contribution is -0.115. The van der Waals surface area contributed by atoms with Crippen LogP contribution in [0, 0.1) is 13.8 Å². The predicted octanol–water partition coefficient (Wildman–Crippen LogP) is 3.33. The highest BCUT2D eigenvalue weighted by atomic mass is 16.2. The first-order valence-corrected chi connectivity index (χ1v) is 8.18. The molecule has 0 aliphatic heterocycles. The van der Waals surface area contributed by atoms with Gasteiger partial charge in [0.25, 0.3) is 5.91 Å². The number of aromatic amines is 1. The van der Waals surface area contributed by atoms with Crippen molar-refractivity contribution >= 4 is 28.4 Å². The van der Waals surface area contributed by atoms with Gasteiger partial charge in [-0.15, -0.1) is 0 Å². The van der Waals surface area contributed by atoms with E-state index in [1.807, 2.05) is 44.2 Å². The van der Waals surface area contributed by atoms with Crippen molar-refractivity contribution in [3.8, 4) is 0 Å². The number of carbonyl (C=O) groups is 2. The molecule has 3 N–H and O–H groups in total. The SMILES string of the molecule is CNC(=O)c1ccc(C)c(NC(=O)Cc2c(C)[nH]c3ccccc23)c1. The van der Waals surface area contributed by atoms with Crippen LogP contribution in [0.4, 0.5) is 5.69 Å². The van der Waals surface area contributed by atoms with E-state index < -0.39 is 0 Å². The number of aromatic nitrogens is 1. The number of fused-ring (bicyclic) bond motifs is 1. The van der Waals surface area contributed by atoms with Gasteiger partial charge in [-0.05, 0) is 43.2 Å². The number of aryl methyl sites for hydroxylation is 2. The second kappa shape index (κ2) is 6.81. The van der Waals surface area contributed by atoms with E-state index in [0.29, 0.717) is 11.3 Å². The van der Waals surface area contributed by atoms with Crippen LogP contribution < -0.4 is 10.6 Å². The van der Waals surface area contributed by atoms with Gasteiger partial charge in [-0.1, -0.05) is 24.3 Å². The fraction of sp³-hybridized carbons (Fsp3) is 0.200. The van der Waals surface area contributed by atoms with Crippen LogP contribution >= 0.6 is 0 Å². The topological polar surface area (TPSA) is 74.0 Å². The summed E-state index contributed by atoms with van der Waals surface area (Å²) in [6.45, 7) is 3.88. The van der Waals surface area contributed by atoms with Crippen LogP contribution in [0.3, 0.4) is 0 Å². The van der Waals surface area contributed by atoms with Gasteiger partial charge in [0.2, 0.25) is 5.91 Å². The number of rotatable bonds is 4. The van der Waals surface area contributed by atoms with Gasteiger partial charge in [0, 0.05) is 34.9 Å². The lowest BCUT2D eigenvalue weighted by Crippen LogP contribution is -2.19. The molecule has 1 heterocycles. The van der Waals surface area contributed by atoms with Crippen molar-refractivity contribution in [3.05, 3.63) is 64.8 Å². The molecule has 128 valence electrons. The average Bonchev–Trinajstić information content (AvgIpc) is 2.92. The zero-order chi connectivity index (χ0) is 18.0. The average molecular weight is 335 g/mol. The molecule has 0 saturated carbocycles. The van der Waals surface area contributed by atoms with Crippen molar-refractivity contribution in [2.45, 2.75) is 20.3 Å². The summed E-state index contributed by atoms with van der Waals surface area (Å²) in [5, 5.41) is 6.58. The smallest absolute Gasteiger partial charge is 0.251 e. The second-order valence-corrected chi connectivity index (χ2v) is 6.11. The van der Waals surface area contributed by atoms with E-state index in [4.69, 9.17) is 0 Å². The predicted molar refractivity (Wildman–Crippen MR) is 99.9 cm³/mol. The molecule has 0 radical (unpaired) electrons. The quantitative estimate of drug-likeness (QED) is 0.684. The lowest BCUT2D eigenvalue weighted by atomic mass is 10.1. The fourth-order valence-corrected chi connectivity index (χ4v) is 2.96. The van der Waals surface area contributed by atoms with Crippen molar-refractivity contribution < 1.29 is 9.59 Å². The Hall–Kier alpha value is -3.08. The van der Waals surface area contributed by atoms with E-state index in [1.165, 1.54) is 0 Å². The van der Waals surface area contributed by atoms with Crippen LogP contribution in [-0.2, 0) is 11.2 Å². The molecule has 2 amide bonds. The van der Waals surface area contributed by atoms with Crippen LogP contribution in [0.25, 0.3) is 10.9 Å². The maximum Gasteiger partial charge on any atom is 0.251 e. The number of hydrogen-bond donors (Lipinski definition) is 3. The first kappa shape index (κ1) is 16.8. The highest BCUT2D eigenvalue weighted by Gasteiger charge is 2.14. The van der Waals surface area contributed by atoms with Gasteiger partial charge in [0.15, 0.2) is 0 Å². The number of H-pyrrole nitrogens is 1. The van der Waals surface area contributed by atoms with Crippen LogP contribution in [0.2, 0.25) is 0 Å². The fourth-order valence-electron chi connectivity index (χ4n) is 2.96. The van der Waals surface area contributed by atoms with Crippen LogP contribution in [0.1, 0.15) is 27.2 Å². The Kier molecular flexibility index (Phi) is 4.57. The first-order chi connectivity index (χ1) is 12.0. The van der Waals surface area contributed by atoms with Crippen LogP contribution in [-0.4, -0.2) is 23.8 Å². The van der Waals surface area contributed by atoms with E-state index in [-0.39, 0.29) is 18.2 Å². The summed E-state index contributed by atoms with van der Waals surface area (Å²) in [6.07, 6.45) is 0.277. The Bertz CT molecular complexity index is 957. The van der Waals surface area contributed by atoms with Gasteiger partial charge in [0.1, 0.15) is 0 Å². The zero-order valence-corrected chi connectivity index (χ0v) is 14.6. The van der Waals surface area contributed by atoms with Gasteiger partial charge in [-0.3, -0.25) is 9.59 Å². The molecule has 0 saturated heterocycles. The second-order valence-electron chi connectivity index (χ2n) is 6.11. The maximum absolute atomic E-state index is 12.6. The molecule has 0 unspecified atom stereocenters. The van der Waals surface area contributed by atoms with Crippen molar-refractivity contribution in [3.63, 3.8) is 0 Å². The number of carbonyl (C=O) groups excluding carboxylic acids is 2. The molecule has 0 fully saturated rings. The summed E-state index contributed by atoms with van der Waals surface area (Å²) in [4.78, 5) is 27.6. The Morgan fingerprint density at radius 3 is 2.60 bits per heavy atom. The molecule has 3 aromatic rings. The lowest BCUT2D eigenvalue weighted by Gasteiger charge is -2.10. The third-order valence-electron chi connectivity index (χ3n) is 4.37. The number of amides is 2. The van der Waals surface area contributed by atoms with Crippen LogP contribution in [0.5, 0.6) is 0 Å². The van der Waals surface area contributed by atoms with E-state index in [0.717, 1.165) is 27.7 Å². The van der Waals surface area contributed by atoms with E-state index >= 15 is 0 Å². The number of anilines is 1. The van der Waals surface area contributed by atoms with Gasteiger partial charge in [-0.25, -0.2) is 0 Å². The molecular weight excluding hydrogens is 314 g/mol. The molecule has 1 aromatic heterocycles. The normalized spacial score (nSPS) is 10.7. The van der Waals surface area contributed by atoms with Crippen molar-refractivity contribution in [1.29, 1.82) is 0 Å². The Balaban J connectivity index is 1.83. The first-order valence-electron chi connectivity index (χ1n) is 8.18. The molecule has 0 atom stereocenters. The molecule has 3 rings (SSSR count). The summed E-state index contributed by atoms with van der Waals surface area (Å²) in [5.74, 6) is -0.284. The Labute approximate surface area is 146 Å². The minimum Gasteiger partial charge on any atom is -0.358 e. The molecule has 0 aliphatic rings. The van der Waals surface area contributed by atoms with Crippen molar-refractivity contribution in [2.24, 2.45) is 0 Å². The molecule has 25 heavy (non-hydrogen) atoms. The molecule has 0 aliphatic carbocycles. The van der Waals surface area contributed by atoms with Gasteiger partial charge in [0.05, 0.1) is 6.42 Å². The molecule has 5 heteroatoms. The van der Waals surface area contributed by atoms with E-state index in [9.17, 15) is 9.59 Å². The van der Waals surface area contributed by atoms with Gasteiger partial charge < -0.3 is 15.6 Å². The summed E-state index contributed by atoms with van der Waals surface area (Å²) in [6, 6.07) is 13.2. The Morgan fingerprint density at radius 1 is 1.08 bits per heavy atom. The van der Waals surface area contributed by atoms with E-state index in [1.54, 1.807) is 19.2 Å². The summed E-state index contributed by atoms with van der Waals surface area (Å²) < 4.78 is 0. The monoisotopic (exact) mass is 335 g/mol. The molecular formula is C20H21N3O2. The molecule has 5 nitrogen and oxygen atoms in total. The number of para-hydroxylation sites is 1. The standard InChI is InChI=1S/C20H21N3O2/c1-12-8-9-14(20(25)21-3)10-18(12)23-19(24)11-16-13(2)22-17-7-5-4-6-15(16)17/h4-10,22H,11H2,1-3H3,(H,21,25)(H,23,24). The molecule has 0 spiro atoms. The highest BCUT2D eigenvalue weighted by molar-refractivity contribution is 5.99. The van der Waals surface area contributed by atoms with Crippen molar-refractivity contribution in [2.75, 3.05) is 12.4 Å². The largest absolute Gasteiger partial charge is 0.358 e. The Morgan fingerprint density at radius 2 is 1.84 bits per heavy atom. The number of hydrogen-bond acceptors (Lipinski definition) is 2. The minimum atomic E-state index is -0.178. The third-order valence-corrected chi connectivity index (χ3v) is 4.37. The number of benzene rings is 2. The van der Waals surface area contributed by atoms with E-state index in [2.05, 4.69) is 15.6 Å². The third kappa shape index (κ3) is 3.40. The van der Waals surface area contributed by atoms with Crippen LogP contribution in [0.15, 0.2) is 42.5 Å². The minimum absolute atomic E-state index is 0.106. The summed E-state index contributed by atoms with van der Waals surface area (Å²) in [7, 11) is 1.58. The van der Waals surface area contributed by atoms with Crippen molar-refractivity contribution in [1.82, 2.24) is 10.3 Å². The zero-order valence-electron chi connectivity index (χ0n) is 14.6.